The Morgan fingerprint density at radius 2 is 2.33 bits per heavy atom. The number of imidazole rings is 1. The number of hydrogen-bond donors (Lipinski definition) is 1. The van der Waals surface area contributed by atoms with Crippen LogP contribution in [0.25, 0.3) is 0 Å². The SMILES string of the molecule is Cn1ccnc1[C@@H]1OCCC[C@H]1CNCCOc1ccc(Cl)cn1. The normalized spacial score (nSPS) is 20.9. The van der Waals surface area contributed by atoms with Crippen LogP contribution < -0.4 is 10.1 Å². The van der Waals surface area contributed by atoms with Crippen LogP contribution in [0.4, 0.5) is 0 Å². The molecule has 0 aromatic carbocycles. The van der Waals surface area contributed by atoms with Crippen molar-refractivity contribution in [2.45, 2.75) is 18.9 Å². The van der Waals surface area contributed by atoms with Crippen LogP contribution in [-0.2, 0) is 11.8 Å². The van der Waals surface area contributed by atoms with E-state index >= 15 is 0 Å². The van der Waals surface area contributed by atoms with Gasteiger partial charge in [-0.1, -0.05) is 11.6 Å². The first-order valence-corrected chi connectivity index (χ1v) is 8.66. The first-order valence-electron chi connectivity index (χ1n) is 8.28. The third-order valence-corrected chi connectivity index (χ3v) is 4.42. The van der Waals surface area contributed by atoms with Crippen molar-refractivity contribution in [3.63, 3.8) is 0 Å². The average Bonchev–Trinajstić information content (AvgIpc) is 3.02. The second-order valence-corrected chi connectivity index (χ2v) is 6.39. The number of nitrogens with zero attached hydrogens (tertiary/aromatic N) is 3. The summed E-state index contributed by atoms with van der Waals surface area (Å²) in [5.41, 5.74) is 0. The minimum Gasteiger partial charge on any atom is -0.476 e. The fraction of sp³-hybridized carbons (Fsp3) is 0.529. The number of rotatable bonds is 7. The third kappa shape index (κ3) is 4.47. The summed E-state index contributed by atoms with van der Waals surface area (Å²) in [5.74, 6) is 2.02. The lowest BCUT2D eigenvalue weighted by atomic mass is 9.93. The van der Waals surface area contributed by atoms with Crippen molar-refractivity contribution in [1.82, 2.24) is 19.9 Å². The number of halogens is 1. The second kappa shape index (κ2) is 8.46. The van der Waals surface area contributed by atoms with E-state index in [0.29, 0.717) is 23.4 Å². The van der Waals surface area contributed by atoms with Gasteiger partial charge in [-0.25, -0.2) is 9.97 Å². The average molecular weight is 351 g/mol. The molecule has 2 aromatic heterocycles. The first kappa shape index (κ1) is 17.2. The predicted octanol–water partition coefficient (Wildman–Crippen LogP) is 2.60. The van der Waals surface area contributed by atoms with Crippen LogP contribution in [0.2, 0.25) is 5.02 Å². The van der Waals surface area contributed by atoms with Gasteiger partial charge >= 0.3 is 0 Å². The maximum absolute atomic E-state index is 5.98. The van der Waals surface area contributed by atoms with E-state index in [1.54, 1.807) is 18.3 Å². The lowest BCUT2D eigenvalue weighted by Gasteiger charge is -2.31. The molecule has 0 spiro atoms. The van der Waals surface area contributed by atoms with E-state index in [0.717, 1.165) is 38.4 Å². The first-order chi connectivity index (χ1) is 11.7. The molecule has 6 nitrogen and oxygen atoms in total. The van der Waals surface area contributed by atoms with Crippen molar-refractivity contribution in [3.8, 4) is 5.88 Å². The molecule has 2 atom stereocenters. The summed E-state index contributed by atoms with van der Waals surface area (Å²) in [5, 5.41) is 4.06. The van der Waals surface area contributed by atoms with E-state index in [9.17, 15) is 0 Å². The van der Waals surface area contributed by atoms with Crippen molar-refractivity contribution in [3.05, 3.63) is 41.6 Å². The summed E-state index contributed by atoms with van der Waals surface area (Å²) in [6, 6.07) is 3.54. The molecular weight excluding hydrogens is 328 g/mol. The van der Waals surface area contributed by atoms with Crippen molar-refractivity contribution < 1.29 is 9.47 Å². The van der Waals surface area contributed by atoms with Crippen molar-refractivity contribution >= 4 is 11.6 Å². The molecule has 3 heterocycles. The molecule has 1 aliphatic heterocycles. The molecule has 0 amide bonds. The highest BCUT2D eigenvalue weighted by molar-refractivity contribution is 6.30. The van der Waals surface area contributed by atoms with Gasteiger partial charge in [-0.2, -0.15) is 0 Å². The van der Waals surface area contributed by atoms with Gasteiger partial charge < -0.3 is 19.4 Å². The van der Waals surface area contributed by atoms with Crippen LogP contribution in [0.5, 0.6) is 5.88 Å². The zero-order valence-electron chi connectivity index (χ0n) is 13.8. The summed E-state index contributed by atoms with van der Waals surface area (Å²) in [7, 11) is 2.01. The monoisotopic (exact) mass is 350 g/mol. The molecule has 3 rings (SSSR count). The van der Waals surface area contributed by atoms with E-state index < -0.39 is 0 Å². The lowest BCUT2D eigenvalue weighted by Crippen LogP contribution is -2.34. The Morgan fingerprint density at radius 1 is 1.42 bits per heavy atom. The summed E-state index contributed by atoms with van der Waals surface area (Å²) in [4.78, 5) is 8.56. The zero-order valence-corrected chi connectivity index (χ0v) is 14.6. The van der Waals surface area contributed by atoms with E-state index in [4.69, 9.17) is 21.1 Å². The maximum Gasteiger partial charge on any atom is 0.213 e. The molecule has 24 heavy (non-hydrogen) atoms. The fourth-order valence-electron chi connectivity index (χ4n) is 2.95. The molecule has 130 valence electrons. The zero-order chi connectivity index (χ0) is 16.8. The van der Waals surface area contributed by atoms with Crippen LogP contribution in [0.15, 0.2) is 30.7 Å². The van der Waals surface area contributed by atoms with Gasteiger partial charge in [-0.3, -0.25) is 0 Å². The topological polar surface area (TPSA) is 61.2 Å². The molecule has 7 heteroatoms. The van der Waals surface area contributed by atoms with Gasteiger partial charge in [0.2, 0.25) is 5.88 Å². The Morgan fingerprint density at radius 3 is 3.08 bits per heavy atom. The van der Waals surface area contributed by atoms with Gasteiger partial charge in [0.15, 0.2) is 0 Å². The minimum absolute atomic E-state index is 0.0603. The molecule has 1 N–H and O–H groups in total. The quantitative estimate of drug-likeness (QED) is 0.778. The molecule has 1 fully saturated rings. The molecule has 2 aromatic rings. The largest absolute Gasteiger partial charge is 0.476 e. The molecule has 0 bridgehead atoms. The standard InChI is InChI=1S/C17H23ClN4O2/c1-22-8-6-20-17(22)16-13(3-2-9-24-16)11-19-7-10-23-15-5-4-14(18)12-21-15/h4-6,8,12-13,16,19H,2-3,7,9-11H2,1H3/t13-,16+/m0/s1. The highest BCUT2D eigenvalue weighted by Gasteiger charge is 2.29. The van der Waals surface area contributed by atoms with Crippen LogP contribution in [0.3, 0.4) is 0 Å². The lowest BCUT2D eigenvalue weighted by molar-refractivity contribution is -0.0344. The van der Waals surface area contributed by atoms with Gasteiger partial charge in [0.05, 0.1) is 5.02 Å². The number of pyridine rings is 1. The van der Waals surface area contributed by atoms with E-state index in [1.165, 1.54) is 0 Å². The van der Waals surface area contributed by atoms with Crippen LogP contribution in [0.1, 0.15) is 24.8 Å². The van der Waals surface area contributed by atoms with Crippen LogP contribution in [0, 0.1) is 5.92 Å². The summed E-state index contributed by atoms with van der Waals surface area (Å²) in [6.45, 7) is 3.01. The Balaban J connectivity index is 1.43. The van der Waals surface area contributed by atoms with E-state index in [-0.39, 0.29) is 6.10 Å². The number of aromatic nitrogens is 3. The minimum atomic E-state index is 0.0603. The highest BCUT2D eigenvalue weighted by atomic mass is 35.5. The number of aryl methyl sites for hydroxylation is 1. The summed E-state index contributed by atoms with van der Waals surface area (Å²) < 4.78 is 13.6. The molecule has 0 unspecified atom stereocenters. The Bertz CT molecular complexity index is 632. The second-order valence-electron chi connectivity index (χ2n) is 5.96. The highest BCUT2D eigenvalue weighted by Crippen LogP contribution is 2.32. The summed E-state index contributed by atoms with van der Waals surface area (Å²) >= 11 is 5.80. The van der Waals surface area contributed by atoms with Gasteiger partial charge in [-0.15, -0.1) is 0 Å². The van der Waals surface area contributed by atoms with E-state index in [1.807, 2.05) is 24.0 Å². The molecule has 1 aliphatic rings. The molecule has 1 saturated heterocycles. The van der Waals surface area contributed by atoms with E-state index in [2.05, 4.69) is 15.3 Å². The number of hydrogen-bond acceptors (Lipinski definition) is 5. The number of nitrogens with one attached hydrogen (secondary N) is 1. The van der Waals surface area contributed by atoms with Gasteiger partial charge in [0.25, 0.3) is 0 Å². The molecule has 0 radical (unpaired) electrons. The smallest absolute Gasteiger partial charge is 0.213 e. The van der Waals surface area contributed by atoms with Crippen LogP contribution in [-0.4, -0.2) is 40.8 Å². The molecular formula is C17H23ClN4O2. The predicted molar refractivity (Wildman–Crippen MR) is 92.2 cm³/mol. The Kier molecular flexibility index (Phi) is 6.07. The molecule has 0 saturated carbocycles. The van der Waals surface area contributed by atoms with Gasteiger partial charge in [0, 0.05) is 57.3 Å². The third-order valence-electron chi connectivity index (χ3n) is 4.19. The van der Waals surface area contributed by atoms with Crippen molar-refractivity contribution in [2.24, 2.45) is 13.0 Å². The maximum atomic E-state index is 5.98. The Hall–Kier alpha value is -1.63. The summed E-state index contributed by atoms with van der Waals surface area (Å²) in [6.07, 6.45) is 7.67. The molecule has 0 aliphatic carbocycles. The number of ether oxygens (including phenoxy) is 2. The van der Waals surface area contributed by atoms with Crippen molar-refractivity contribution in [1.29, 1.82) is 0 Å². The van der Waals surface area contributed by atoms with Gasteiger partial charge in [-0.05, 0) is 18.9 Å². The van der Waals surface area contributed by atoms with Gasteiger partial charge in [0.1, 0.15) is 18.5 Å². The fourth-order valence-corrected chi connectivity index (χ4v) is 3.06. The Labute approximate surface area is 147 Å². The van der Waals surface area contributed by atoms with Crippen LogP contribution >= 0.6 is 11.6 Å². The van der Waals surface area contributed by atoms with Crippen molar-refractivity contribution in [2.75, 3.05) is 26.3 Å².